The van der Waals surface area contributed by atoms with Crippen LogP contribution >= 0.6 is 0 Å². The van der Waals surface area contributed by atoms with E-state index in [-0.39, 0.29) is 42.2 Å². The minimum atomic E-state index is -0.0113. The van der Waals surface area contributed by atoms with Gasteiger partial charge in [-0.1, -0.05) is 6.42 Å². The smallest absolute Gasteiger partial charge is 0.233 e. The normalized spacial score (nSPS) is 43.7. The lowest BCUT2D eigenvalue weighted by Crippen LogP contribution is -2.44. The number of amides is 2. The topological polar surface area (TPSA) is 57.6 Å². The Labute approximate surface area is 88.2 Å². The molecule has 2 aliphatic carbocycles. The van der Waals surface area contributed by atoms with Crippen LogP contribution in [-0.2, 0) is 9.59 Å². The largest absolute Gasteiger partial charge is 0.396 e. The number of likely N-dealkylation sites (tertiary alicyclic amines) is 1. The second kappa shape index (κ2) is 3.04. The van der Waals surface area contributed by atoms with Gasteiger partial charge in [0.05, 0.1) is 11.8 Å². The molecule has 0 aromatic carbocycles. The lowest BCUT2D eigenvalue weighted by Gasteiger charge is -2.28. The lowest BCUT2D eigenvalue weighted by atomic mass is 10.0. The first-order valence-electron chi connectivity index (χ1n) is 5.72. The van der Waals surface area contributed by atoms with Crippen molar-refractivity contribution in [2.45, 2.75) is 31.7 Å². The monoisotopic (exact) mass is 209 g/mol. The molecule has 1 aliphatic heterocycles. The molecule has 2 amide bonds. The van der Waals surface area contributed by atoms with Crippen LogP contribution in [0.25, 0.3) is 0 Å². The Morgan fingerprint density at radius 3 is 2.47 bits per heavy atom. The average Bonchev–Trinajstić information content (AvgIpc) is 2.84. The molecule has 0 bridgehead atoms. The predicted molar refractivity (Wildman–Crippen MR) is 51.7 cm³/mol. The minimum Gasteiger partial charge on any atom is -0.396 e. The highest BCUT2D eigenvalue weighted by Gasteiger charge is 2.61. The third-order valence-electron chi connectivity index (χ3n) is 4.08. The van der Waals surface area contributed by atoms with E-state index in [0.717, 1.165) is 25.7 Å². The van der Waals surface area contributed by atoms with Gasteiger partial charge in [-0.25, -0.2) is 0 Å². The molecule has 1 N–H and O–H groups in total. The molecule has 4 unspecified atom stereocenters. The van der Waals surface area contributed by atoms with Gasteiger partial charge < -0.3 is 5.11 Å². The van der Waals surface area contributed by atoms with E-state index in [9.17, 15) is 14.7 Å². The van der Waals surface area contributed by atoms with E-state index >= 15 is 0 Å². The summed E-state index contributed by atoms with van der Waals surface area (Å²) in [5.41, 5.74) is 0. The summed E-state index contributed by atoms with van der Waals surface area (Å²) in [6.45, 7) is 0.0943. The molecule has 82 valence electrons. The van der Waals surface area contributed by atoms with Crippen LogP contribution in [0.15, 0.2) is 0 Å². The van der Waals surface area contributed by atoms with E-state index in [0.29, 0.717) is 0 Å². The van der Waals surface area contributed by atoms with E-state index in [1.807, 2.05) is 0 Å². The number of carbonyl (C=O) groups excluding carboxylic acids is 2. The summed E-state index contributed by atoms with van der Waals surface area (Å²) in [4.78, 5) is 25.1. The fraction of sp³-hybridized carbons (Fsp3) is 0.818. The van der Waals surface area contributed by atoms with E-state index < -0.39 is 0 Å². The molecule has 4 heteroatoms. The van der Waals surface area contributed by atoms with Crippen molar-refractivity contribution in [2.24, 2.45) is 17.8 Å². The summed E-state index contributed by atoms with van der Waals surface area (Å²) in [6, 6.07) is -0.0113. The van der Waals surface area contributed by atoms with Crippen molar-refractivity contribution in [3.05, 3.63) is 0 Å². The van der Waals surface area contributed by atoms with Gasteiger partial charge in [-0.05, 0) is 19.3 Å². The summed E-state index contributed by atoms with van der Waals surface area (Å²) in [5.74, 6) is 0.163. The van der Waals surface area contributed by atoms with Crippen molar-refractivity contribution < 1.29 is 14.7 Å². The van der Waals surface area contributed by atoms with Gasteiger partial charge in [-0.3, -0.25) is 14.5 Å². The van der Waals surface area contributed by atoms with Gasteiger partial charge in [0, 0.05) is 18.6 Å². The Hall–Kier alpha value is -0.900. The summed E-state index contributed by atoms with van der Waals surface area (Å²) in [6.07, 6.45) is 3.60. The number of aliphatic hydroxyl groups is 1. The van der Waals surface area contributed by atoms with Crippen LogP contribution in [0, 0.1) is 17.8 Å². The highest BCUT2D eigenvalue weighted by molar-refractivity contribution is 6.09. The molecule has 0 aromatic rings. The zero-order valence-electron chi connectivity index (χ0n) is 8.56. The van der Waals surface area contributed by atoms with E-state index in [1.54, 1.807) is 0 Å². The highest BCUT2D eigenvalue weighted by atomic mass is 16.3. The van der Waals surface area contributed by atoms with Crippen LogP contribution in [0.5, 0.6) is 0 Å². The summed E-state index contributed by atoms with van der Waals surface area (Å²) in [7, 11) is 0. The number of imide groups is 1. The second-order valence-corrected chi connectivity index (χ2v) is 4.94. The minimum absolute atomic E-state index is 0.00237. The Bertz CT molecular complexity index is 308. The highest BCUT2D eigenvalue weighted by Crippen LogP contribution is 2.49. The van der Waals surface area contributed by atoms with Gasteiger partial charge in [0.25, 0.3) is 0 Å². The number of hydrogen-bond donors (Lipinski definition) is 1. The Kier molecular flexibility index (Phi) is 1.89. The number of rotatable bonds is 2. The summed E-state index contributed by atoms with van der Waals surface area (Å²) < 4.78 is 0. The van der Waals surface area contributed by atoms with Crippen molar-refractivity contribution in [1.82, 2.24) is 4.90 Å². The zero-order chi connectivity index (χ0) is 10.6. The standard InChI is InChI=1S/C11H15NO3/c13-5-6-2-1-3-9(6)12-10(14)7-4-8(7)11(12)15/h6-9,13H,1-5H2. The van der Waals surface area contributed by atoms with Crippen LogP contribution in [0.2, 0.25) is 0 Å². The van der Waals surface area contributed by atoms with Crippen molar-refractivity contribution in [3.63, 3.8) is 0 Å². The molecule has 0 radical (unpaired) electrons. The molecule has 15 heavy (non-hydrogen) atoms. The molecule has 2 saturated carbocycles. The molecule has 0 spiro atoms. The molecule has 1 heterocycles. The van der Waals surface area contributed by atoms with Gasteiger partial charge >= 0.3 is 0 Å². The lowest BCUT2D eigenvalue weighted by molar-refractivity contribution is -0.145. The number of hydrogen-bond acceptors (Lipinski definition) is 3. The molecule has 4 nitrogen and oxygen atoms in total. The molecule has 3 fully saturated rings. The van der Waals surface area contributed by atoms with Gasteiger partial charge in [0.1, 0.15) is 0 Å². The first kappa shape index (κ1) is 9.33. The first-order chi connectivity index (χ1) is 7.24. The number of carbonyl (C=O) groups is 2. The average molecular weight is 209 g/mol. The summed E-state index contributed by atoms with van der Waals surface area (Å²) in [5, 5.41) is 9.20. The molecule has 1 saturated heterocycles. The van der Waals surface area contributed by atoms with Gasteiger partial charge in [-0.15, -0.1) is 0 Å². The Morgan fingerprint density at radius 2 is 1.87 bits per heavy atom. The first-order valence-corrected chi connectivity index (χ1v) is 5.72. The zero-order valence-corrected chi connectivity index (χ0v) is 8.56. The van der Waals surface area contributed by atoms with E-state index in [1.165, 1.54) is 4.90 Å². The fourth-order valence-corrected chi connectivity index (χ4v) is 3.10. The van der Waals surface area contributed by atoms with Crippen molar-refractivity contribution in [3.8, 4) is 0 Å². The number of piperidine rings is 1. The van der Waals surface area contributed by atoms with Gasteiger partial charge in [0.2, 0.25) is 11.8 Å². The SMILES string of the molecule is O=C1C2CC2C(=O)N1C1CCCC1CO. The molecule has 4 atom stereocenters. The maximum Gasteiger partial charge on any atom is 0.233 e. The van der Waals surface area contributed by atoms with E-state index in [2.05, 4.69) is 0 Å². The van der Waals surface area contributed by atoms with Crippen LogP contribution in [0.3, 0.4) is 0 Å². The van der Waals surface area contributed by atoms with Crippen LogP contribution in [-0.4, -0.2) is 34.5 Å². The Morgan fingerprint density at radius 1 is 1.20 bits per heavy atom. The van der Waals surface area contributed by atoms with Crippen LogP contribution in [0.1, 0.15) is 25.7 Å². The number of aliphatic hydroxyl groups excluding tert-OH is 1. The van der Waals surface area contributed by atoms with Crippen molar-refractivity contribution in [1.29, 1.82) is 0 Å². The van der Waals surface area contributed by atoms with Gasteiger partial charge in [0.15, 0.2) is 0 Å². The number of nitrogens with zero attached hydrogens (tertiary/aromatic N) is 1. The molecule has 3 rings (SSSR count). The molecule has 3 aliphatic rings. The van der Waals surface area contributed by atoms with Crippen LogP contribution in [0.4, 0.5) is 0 Å². The van der Waals surface area contributed by atoms with Gasteiger partial charge in [-0.2, -0.15) is 0 Å². The number of fused-ring (bicyclic) bond motifs is 1. The van der Waals surface area contributed by atoms with Crippen molar-refractivity contribution in [2.75, 3.05) is 6.61 Å². The predicted octanol–water partition coefficient (Wildman–Crippen LogP) is 0.152. The van der Waals surface area contributed by atoms with E-state index in [4.69, 9.17) is 0 Å². The maximum atomic E-state index is 11.8. The third-order valence-corrected chi connectivity index (χ3v) is 4.08. The van der Waals surface area contributed by atoms with Crippen LogP contribution < -0.4 is 0 Å². The maximum absolute atomic E-state index is 11.8. The summed E-state index contributed by atoms with van der Waals surface area (Å²) >= 11 is 0. The second-order valence-electron chi connectivity index (χ2n) is 4.94. The fourth-order valence-electron chi connectivity index (χ4n) is 3.10. The molecular weight excluding hydrogens is 194 g/mol. The molecule has 0 aromatic heterocycles. The quantitative estimate of drug-likeness (QED) is 0.659. The molecular formula is C11H15NO3. The Balaban J connectivity index is 1.82. The third kappa shape index (κ3) is 1.17. The van der Waals surface area contributed by atoms with Crippen molar-refractivity contribution >= 4 is 11.8 Å².